The molecule has 28 heavy (non-hydrogen) atoms. The Morgan fingerprint density at radius 1 is 1.14 bits per heavy atom. The molecule has 0 saturated carbocycles. The molecule has 4 rings (SSSR count). The molecule has 1 unspecified atom stereocenters. The maximum Gasteiger partial charge on any atom is 0.356 e. The molecule has 7 nitrogen and oxygen atoms in total. The molecule has 1 saturated heterocycles. The molecule has 2 aliphatic heterocycles. The van der Waals surface area contributed by atoms with Gasteiger partial charge in [-0.2, -0.15) is 5.10 Å². The monoisotopic (exact) mass is 441 g/mol. The molecule has 0 bridgehead atoms. The van der Waals surface area contributed by atoms with Crippen molar-refractivity contribution in [2.24, 2.45) is 10.5 Å². The number of amides is 2. The second kappa shape index (κ2) is 7.20. The maximum absolute atomic E-state index is 13.2. The molecule has 142 valence electrons. The number of hydrogen-bond acceptors (Lipinski definition) is 6. The average Bonchev–Trinajstić information content (AvgIpc) is 3.23. The van der Waals surface area contributed by atoms with Gasteiger partial charge in [0.2, 0.25) is 11.8 Å². The van der Waals surface area contributed by atoms with Crippen molar-refractivity contribution in [3.8, 4) is 0 Å². The minimum atomic E-state index is -1.34. The Bertz CT molecular complexity index is 975. The Morgan fingerprint density at radius 2 is 1.86 bits per heavy atom. The van der Waals surface area contributed by atoms with E-state index in [0.29, 0.717) is 5.69 Å². The summed E-state index contributed by atoms with van der Waals surface area (Å²) in [5.41, 5.74) is 2.59. The quantitative estimate of drug-likeness (QED) is 0.581. The van der Waals surface area contributed by atoms with Gasteiger partial charge in [0.1, 0.15) is 12.0 Å². The molecular weight excluding hydrogens is 426 g/mol. The first-order chi connectivity index (χ1) is 13.5. The molecule has 2 amide bonds. The summed E-state index contributed by atoms with van der Waals surface area (Å²) in [5.74, 6) is -1.55. The van der Waals surface area contributed by atoms with Crippen molar-refractivity contribution in [3.05, 3.63) is 64.6 Å². The molecular formula is C20H16BrN3O4. The van der Waals surface area contributed by atoms with Crippen LogP contribution in [0.2, 0.25) is 0 Å². The Kier molecular flexibility index (Phi) is 4.72. The second-order valence-corrected chi connectivity index (χ2v) is 7.54. The number of esters is 1. The van der Waals surface area contributed by atoms with Gasteiger partial charge in [0.05, 0.1) is 12.2 Å². The summed E-state index contributed by atoms with van der Waals surface area (Å²) in [6, 6.07) is 16.0. The van der Waals surface area contributed by atoms with E-state index in [-0.39, 0.29) is 31.2 Å². The molecule has 1 N–H and O–H groups in total. The molecule has 2 heterocycles. The van der Waals surface area contributed by atoms with E-state index < -0.39 is 17.3 Å². The number of hydrazone groups is 1. The van der Waals surface area contributed by atoms with E-state index in [0.717, 1.165) is 14.9 Å². The highest BCUT2D eigenvalue weighted by Crippen LogP contribution is 2.39. The minimum absolute atomic E-state index is 0.0543. The predicted molar refractivity (Wildman–Crippen MR) is 105 cm³/mol. The first kappa shape index (κ1) is 18.4. The van der Waals surface area contributed by atoms with Gasteiger partial charge in [0.15, 0.2) is 5.71 Å². The fourth-order valence-corrected chi connectivity index (χ4v) is 3.66. The van der Waals surface area contributed by atoms with Crippen LogP contribution in [0.15, 0.2) is 64.2 Å². The molecule has 1 spiro atoms. The van der Waals surface area contributed by atoms with Crippen LogP contribution >= 0.6 is 15.9 Å². The van der Waals surface area contributed by atoms with Crippen molar-refractivity contribution in [2.75, 3.05) is 11.4 Å². The summed E-state index contributed by atoms with van der Waals surface area (Å²) in [6.07, 6.45) is -0.131. The van der Waals surface area contributed by atoms with Crippen LogP contribution in [0.5, 0.6) is 0 Å². The van der Waals surface area contributed by atoms with E-state index in [1.54, 1.807) is 24.3 Å². The third-order valence-electron chi connectivity index (χ3n) is 4.83. The predicted octanol–water partition coefficient (Wildman–Crippen LogP) is 2.40. The highest BCUT2D eigenvalue weighted by molar-refractivity contribution is 9.10. The first-order valence-corrected chi connectivity index (χ1v) is 9.46. The number of anilines is 1. The number of ether oxygens (including phenoxy) is 1. The molecule has 2 aromatic carbocycles. The Labute approximate surface area is 169 Å². The number of nitrogens with one attached hydrogen (secondary N) is 1. The van der Waals surface area contributed by atoms with Crippen molar-refractivity contribution in [2.45, 2.75) is 13.0 Å². The summed E-state index contributed by atoms with van der Waals surface area (Å²) in [6.45, 7) is 0.147. The standard InChI is InChI=1S/C20H16BrN3O4/c21-14-6-8-15(9-7-14)24-16(25)10-20(19(24)27)12-22-23-17(20)18(26)28-11-13-4-2-1-3-5-13/h1-9,22H,10-12H2. The van der Waals surface area contributed by atoms with E-state index in [1.165, 1.54) is 0 Å². The Balaban J connectivity index is 1.56. The molecule has 0 aromatic heterocycles. The van der Waals surface area contributed by atoms with Crippen molar-refractivity contribution >= 4 is 45.1 Å². The van der Waals surface area contributed by atoms with Gasteiger partial charge in [-0.1, -0.05) is 46.3 Å². The summed E-state index contributed by atoms with van der Waals surface area (Å²) in [4.78, 5) is 39.6. The van der Waals surface area contributed by atoms with Crippen LogP contribution in [-0.2, 0) is 25.7 Å². The summed E-state index contributed by atoms with van der Waals surface area (Å²) in [5, 5.41) is 4.00. The van der Waals surface area contributed by atoms with Crippen LogP contribution in [-0.4, -0.2) is 30.0 Å². The van der Waals surface area contributed by atoms with Gasteiger partial charge in [-0.3, -0.25) is 9.59 Å². The fourth-order valence-electron chi connectivity index (χ4n) is 3.39. The zero-order valence-corrected chi connectivity index (χ0v) is 16.3. The third-order valence-corrected chi connectivity index (χ3v) is 5.36. The van der Waals surface area contributed by atoms with Gasteiger partial charge < -0.3 is 10.2 Å². The van der Waals surface area contributed by atoms with E-state index in [1.807, 2.05) is 30.3 Å². The molecule has 2 aromatic rings. The summed E-state index contributed by atoms with van der Waals surface area (Å²) < 4.78 is 6.17. The topological polar surface area (TPSA) is 88.1 Å². The lowest BCUT2D eigenvalue weighted by atomic mass is 9.81. The van der Waals surface area contributed by atoms with Crippen molar-refractivity contribution in [1.82, 2.24) is 5.43 Å². The van der Waals surface area contributed by atoms with Crippen LogP contribution in [0.1, 0.15) is 12.0 Å². The number of hydrogen-bond donors (Lipinski definition) is 1. The molecule has 8 heteroatoms. The van der Waals surface area contributed by atoms with E-state index in [4.69, 9.17) is 4.74 Å². The normalized spacial score (nSPS) is 21.0. The van der Waals surface area contributed by atoms with Gasteiger partial charge in [-0.05, 0) is 29.8 Å². The highest BCUT2D eigenvalue weighted by Gasteiger charge is 2.59. The van der Waals surface area contributed by atoms with Crippen molar-refractivity contribution in [3.63, 3.8) is 0 Å². The van der Waals surface area contributed by atoms with E-state index in [9.17, 15) is 14.4 Å². The fraction of sp³-hybridized carbons (Fsp3) is 0.200. The third kappa shape index (κ3) is 3.09. The molecule has 0 aliphatic carbocycles. The summed E-state index contributed by atoms with van der Waals surface area (Å²) >= 11 is 3.33. The molecule has 2 aliphatic rings. The van der Waals surface area contributed by atoms with Gasteiger partial charge >= 0.3 is 5.97 Å². The SMILES string of the molecule is O=C(OCc1ccccc1)C1=NNCC12CC(=O)N(c1ccc(Br)cc1)C2=O. The number of nitrogens with zero attached hydrogens (tertiary/aromatic N) is 2. The zero-order valence-electron chi connectivity index (χ0n) is 14.7. The highest BCUT2D eigenvalue weighted by atomic mass is 79.9. The number of imide groups is 1. The summed E-state index contributed by atoms with van der Waals surface area (Å²) in [7, 11) is 0. The lowest BCUT2D eigenvalue weighted by Gasteiger charge is -2.21. The zero-order chi connectivity index (χ0) is 19.7. The number of rotatable bonds is 4. The first-order valence-electron chi connectivity index (χ1n) is 8.66. The Hall–Kier alpha value is -3.00. The van der Waals surface area contributed by atoms with Crippen molar-refractivity contribution in [1.29, 1.82) is 0 Å². The molecule has 1 fully saturated rings. The van der Waals surface area contributed by atoms with E-state index in [2.05, 4.69) is 26.5 Å². The Morgan fingerprint density at radius 3 is 2.57 bits per heavy atom. The maximum atomic E-state index is 13.2. The smallest absolute Gasteiger partial charge is 0.356 e. The number of halogens is 1. The number of carbonyl (C=O) groups excluding carboxylic acids is 3. The lowest BCUT2D eigenvalue weighted by Crippen LogP contribution is -2.45. The van der Waals surface area contributed by atoms with Gasteiger partial charge in [-0.25, -0.2) is 9.69 Å². The molecule has 1 atom stereocenters. The molecule has 0 radical (unpaired) electrons. The minimum Gasteiger partial charge on any atom is -0.456 e. The largest absolute Gasteiger partial charge is 0.456 e. The van der Waals surface area contributed by atoms with Crippen LogP contribution in [0.3, 0.4) is 0 Å². The van der Waals surface area contributed by atoms with Gasteiger partial charge in [-0.15, -0.1) is 0 Å². The van der Waals surface area contributed by atoms with Crippen LogP contribution in [0.25, 0.3) is 0 Å². The van der Waals surface area contributed by atoms with Crippen molar-refractivity contribution < 1.29 is 19.1 Å². The van der Waals surface area contributed by atoms with Gasteiger partial charge in [0, 0.05) is 10.9 Å². The number of benzene rings is 2. The number of carbonyl (C=O) groups is 3. The van der Waals surface area contributed by atoms with Crippen LogP contribution in [0, 0.1) is 5.41 Å². The van der Waals surface area contributed by atoms with E-state index >= 15 is 0 Å². The second-order valence-electron chi connectivity index (χ2n) is 6.63. The lowest BCUT2D eigenvalue weighted by molar-refractivity contribution is -0.138. The van der Waals surface area contributed by atoms with Crippen LogP contribution < -0.4 is 10.3 Å². The average molecular weight is 442 g/mol. The van der Waals surface area contributed by atoms with Crippen LogP contribution in [0.4, 0.5) is 5.69 Å². The van der Waals surface area contributed by atoms with Gasteiger partial charge in [0.25, 0.3) is 0 Å².